The van der Waals surface area contributed by atoms with Crippen LogP contribution < -0.4 is 5.32 Å². The molecule has 0 heterocycles. The van der Waals surface area contributed by atoms with Gasteiger partial charge in [0, 0.05) is 17.1 Å². The summed E-state index contributed by atoms with van der Waals surface area (Å²) in [6.07, 6.45) is 0. The summed E-state index contributed by atoms with van der Waals surface area (Å²) in [4.78, 5) is 0. The van der Waals surface area contributed by atoms with Gasteiger partial charge in [0.05, 0.1) is 0 Å². The molecule has 0 aliphatic rings. The number of hydrogen-bond acceptors (Lipinski definition) is 1. The van der Waals surface area contributed by atoms with Gasteiger partial charge in [-0.05, 0) is 41.2 Å². The molecular formula is C19H24BrN. The Balaban J connectivity index is 1.97. The summed E-state index contributed by atoms with van der Waals surface area (Å²) in [5.41, 5.74) is 4.22. The van der Waals surface area contributed by atoms with Crippen LogP contribution in [0.4, 0.5) is 0 Å². The van der Waals surface area contributed by atoms with E-state index in [4.69, 9.17) is 0 Å². The van der Waals surface area contributed by atoms with Gasteiger partial charge in [-0.2, -0.15) is 0 Å². The van der Waals surface area contributed by atoms with Crippen molar-refractivity contribution in [3.8, 4) is 0 Å². The van der Waals surface area contributed by atoms with Crippen LogP contribution in [-0.2, 0) is 12.0 Å². The Kier molecular flexibility index (Phi) is 5.23. The minimum absolute atomic E-state index is 0.218. The fourth-order valence-electron chi connectivity index (χ4n) is 2.29. The molecule has 2 rings (SSSR count). The third-order valence-electron chi connectivity index (χ3n) is 3.78. The molecule has 0 unspecified atom stereocenters. The van der Waals surface area contributed by atoms with Crippen molar-refractivity contribution in [2.24, 2.45) is 0 Å². The third-order valence-corrected chi connectivity index (χ3v) is 4.27. The molecule has 0 aliphatic heterocycles. The molecular weight excluding hydrogens is 322 g/mol. The maximum Gasteiger partial charge on any atom is 0.0295 e. The highest BCUT2D eigenvalue weighted by atomic mass is 79.9. The van der Waals surface area contributed by atoms with Gasteiger partial charge in [0.15, 0.2) is 0 Å². The molecule has 21 heavy (non-hydrogen) atoms. The van der Waals surface area contributed by atoms with E-state index in [0.29, 0.717) is 6.04 Å². The van der Waals surface area contributed by atoms with Crippen molar-refractivity contribution in [1.29, 1.82) is 0 Å². The molecule has 2 aromatic rings. The van der Waals surface area contributed by atoms with Gasteiger partial charge in [-0.15, -0.1) is 0 Å². The Bertz CT molecular complexity index is 581. The fourth-order valence-corrected chi connectivity index (χ4v) is 2.70. The van der Waals surface area contributed by atoms with Crippen LogP contribution in [0.15, 0.2) is 53.0 Å². The van der Waals surface area contributed by atoms with E-state index in [-0.39, 0.29) is 5.41 Å². The zero-order valence-corrected chi connectivity index (χ0v) is 14.9. The number of nitrogens with one attached hydrogen (secondary N) is 1. The standard InChI is InChI=1S/C19H24BrN/c1-14(16-6-5-7-18(20)12-16)21-13-15-8-10-17(11-9-15)19(2,3)4/h5-12,14,21H,13H2,1-4H3/t14-/m0/s1. The molecule has 112 valence electrons. The summed E-state index contributed by atoms with van der Waals surface area (Å²) in [6, 6.07) is 17.7. The molecule has 1 nitrogen and oxygen atoms in total. The van der Waals surface area contributed by atoms with Crippen molar-refractivity contribution in [3.63, 3.8) is 0 Å². The molecule has 0 radical (unpaired) electrons. The van der Waals surface area contributed by atoms with E-state index in [1.54, 1.807) is 0 Å². The van der Waals surface area contributed by atoms with Gasteiger partial charge in [-0.25, -0.2) is 0 Å². The average Bonchev–Trinajstić information content (AvgIpc) is 2.44. The van der Waals surface area contributed by atoms with Gasteiger partial charge in [-0.3, -0.25) is 0 Å². The van der Waals surface area contributed by atoms with Crippen molar-refractivity contribution in [1.82, 2.24) is 5.32 Å². The maximum atomic E-state index is 3.58. The second-order valence-electron chi connectivity index (χ2n) is 6.60. The molecule has 2 aromatic carbocycles. The lowest BCUT2D eigenvalue weighted by Crippen LogP contribution is -2.18. The van der Waals surface area contributed by atoms with Gasteiger partial charge in [-0.1, -0.05) is 73.1 Å². The summed E-state index contributed by atoms with van der Waals surface area (Å²) in [5, 5.41) is 3.58. The lowest BCUT2D eigenvalue weighted by molar-refractivity contribution is 0.571. The highest BCUT2D eigenvalue weighted by Crippen LogP contribution is 2.22. The monoisotopic (exact) mass is 345 g/mol. The molecule has 0 aliphatic carbocycles. The number of benzene rings is 2. The van der Waals surface area contributed by atoms with Crippen LogP contribution in [0.3, 0.4) is 0 Å². The molecule has 0 amide bonds. The largest absolute Gasteiger partial charge is 0.306 e. The van der Waals surface area contributed by atoms with Crippen LogP contribution in [-0.4, -0.2) is 0 Å². The topological polar surface area (TPSA) is 12.0 Å². The van der Waals surface area contributed by atoms with Gasteiger partial charge in [0.25, 0.3) is 0 Å². The van der Waals surface area contributed by atoms with Crippen LogP contribution in [0, 0.1) is 0 Å². The predicted molar refractivity (Wildman–Crippen MR) is 94.5 cm³/mol. The quantitative estimate of drug-likeness (QED) is 0.760. The minimum atomic E-state index is 0.218. The normalized spacial score (nSPS) is 13.2. The van der Waals surface area contributed by atoms with Crippen LogP contribution in [0.2, 0.25) is 0 Å². The number of halogens is 1. The summed E-state index contributed by atoms with van der Waals surface area (Å²) < 4.78 is 1.13. The fraction of sp³-hybridized carbons (Fsp3) is 0.368. The lowest BCUT2D eigenvalue weighted by Gasteiger charge is -2.19. The van der Waals surface area contributed by atoms with Gasteiger partial charge >= 0.3 is 0 Å². The first-order valence-electron chi connectivity index (χ1n) is 7.44. The first kappa shape index (κ1) is 16.3. The van der Waals surface area contributed by atoms with Crippen LogP contribution in [0.5, 0.6) is 0 Å². The number of rotatable bonds is 4. The zero-order valence-electron chi connectivity index (χ0n) is 13.3. The molecule has 1 atom stereocenters. The van der Waals surface area contributed by atoms with Gasteiger partial charge in [0.1, 0.15) is 0 Å². The van der Waals surface area contributed by atoms with E-state index < -0.39 is 0 Å². The van der Waals surface area contributed by atoms with Crippen molar-refractivity contribution in [2.75, 3.05) is 0 Å². The van der Waals surface area contributed by atoms with E-state index in [1.165, 1.54) is 16.7 Å². The van der Waals surface area contributed by atoms with E-state index in [2.05, 4.69) is 97.5 Å². The maximum absolute atomic E-state index is 3.58. The first-order chi connectivity index (χ1) is 9.86. The van der Waals surface area contributed by atoms with E-state index in [1.807, 2.05) is 0 Å². The summed E-state index contributed by atoms with van der Waals surface area (Å²) >= 11 is 3.53. The van der Waals surface area contributed by atoms with Crippen molar-refractivity contribution < 1.29 is 0 Å². The van der Waals surface area contributed by atoms with Crippen molar-refractivity contribution in [3.05, 3.63) is 69.7 Å². The molecule has 0 saturated heterocycles. The van der Waals surface area contributed by atoms with Crippen LogP contribution in [0.25, 0.3) is 0 Å². The third kappa shape index (κ3) is 4.69. The summed E-state index contributed by atoms with van der Waals surface area (Å²) in [6.45, 7) is 9.82. The second kappa shape index (κ2) is 6.76. The van der Waals surface area contributed by atoms with E-state index in [9.17, 15) is 0 Å². The van der Waals surface area contributed by atoms with Crippen LogP contribution in [0.1, 0.15) is 50.4 Å². The molecule has 0 aromatic heterocycles. The predicted octanol–water partition coefficient (Wildman–Crippen LogP) is 5.60. The Hall–Kier alpha value is -1.12. The lowest BCUT2D eigenvalue weighted by atomic mass is 9.87. The Morgan fingerprint density at radius 1 is 1.05 bits per heavy atom. The first-order valence-corrected chi connectivity index (χ1v) is 8.24. The molecule has 0 saturated carbocycles. The van der Waals surface area contributed by atoms with E-state index in [0.717, 1.165) is 11.0 Å². The van der Waals surface area contributed by atoms with Crippen LogP contribution >= 0.6 is 15.9 Å². The molecule has 0 bridgehead atoms. The Morgan fingerprint density at radius 2 is 1.71 bits per heavy atom. The summed E-state index contributed by atoms with van der Waals surface area (Å²) in [7, 11) is 0. The minimum Gasteiger partial charge on any atom is -0.306 e. The summed E-state index contributed by atoms with van der Waals surface area (Å²) in [5.74, 6) is 0. The zero-order chi connectivity index (χ0) is 15.5. The Labute approximate surface area is 136 Å². The SMILES string of the molecule is C[C@H](NCc1ccc(C(C)(C)C)cc1)c1cccc(Br)c1. The van der Waals surface area contributed by atoms with Gasteiger partial charge < -0.3 is 5.32 Å². The Morgan fingerprint density at radius 3 is 2.29 bits per heavy atom. The van der Waals surface area contributed by atoms with Crippen molar-refractivity contribution >= 4 is 15.9 Å². The van der Waals surface area contributed by atoms with Gasteiger partial charge in [0.2, 0.25) is 0 Å². The highest BCUT2D eigenvalue weighted by molar-refractivity contribution is 9.10. The van der Waals surface area contributed by atoms with E-state index >= 15 is 0 Å². The molecule has 1 N–H and O–H groups in total. The smallest absolute Gasteiger partial charge is 0.0295 e. The number of hydrogen-bond donors (Lipinski definition) is 1. The second-order valence-corrected chi connectivity index (χ2v) is 7.52. The van der Waals surface area contributed by atoms with Crippen molar-refractivity contribution in [2.45, 2.75) is 45.7 Å². The highest BCUT2D eigenvalue weighted by Gasteiger charge is 2.13. The molecule has 2 heteroatoms. The molecule has 0 spiro atoms. The molecule has 0 fully saturated rings. The average molecular weight is 346 g/mol.